The van der Waals surface area contributed by atoms with Crippen molar-refractivity contribution < 1.29 is 4.74 Å². The van der Waals surface area contributed by atoms with E-state index in [1.807, 2.05) is 16.9 Å². The van der Waals surface area contributed by atoms with E-state index in [4.69, 9.17) is 4.74 Å². The van der Waals surface area contributed by atoms with Gasteiger partial charge in [-0.1, -0.05) is 53.5 Å². The number of aryl methyl sites for hydroxylation is 1. The van der Waals surface area contributed by atoms with Crippen molar-refractivity contribution in [1.29, 1.82) is 0 Å². The molecule has 1 saturated heterocycles. The van der Waals surface area contributed by atoms with Gasteiger partial charge in [0, 0.05) is 24.3 Å². The number of hydrogen-bond acceptors (Lipinski definition) is 4. The lowest BCUT2D eigenvalue weighted by atomic mass is 10.0. The van der Waals surface area contributed by atoms with Gasteiger partial charge in [-0.25, -0.2) is 4.68 Å². The normalized spacial score (nSPS) is 16.1. The van der Waals surface area contributed by atoms with Crippen LogP contribution in [0.4, 0.5) is 0 Å². The maximum atomic E-state index is 5.81. The van der Waals surface area contributed by atoms with Gasteiger partial charge in [-0.05, 0) is 49.4 Å². The Kier molecular flexibility index (Phi) is 6.91. The smallest absolute Gasteiger partial charge is 0.113 e. The van der Waals surface area contributed by atoms with Crippen molar-refractivity contribution in [2.24, 2.45) is 0 Å². The molecule has 2 aromatic carbocycles. The molecule has 0 aliphatic carbocycles. The molecule has 5 nitrogen and oxygen atoms in total. The zero-order chi connectivity index (χ0) is 20.6. The monoisotopic (exact) mass is 400 g/mol. The first-order valence-electron chi connectivity index (χ1n) is 10.6. The third kappa shape index (κ3) is 5.56. The average molecular weight is 401 g/mol. The Bertz CT molecular complexity index is 1010. The Morgan fingerprint density at radius 1 is 1.17 bits per heavy atom. The fourth-order valence-corrected chi connectivity index (χ4v) is 3.71. The largest absolute Gasteiger partial charge is 0.376 e. The second-order valence-corrected chi connectivity index (χ2v) is 7.74. The van der Waals surface area contributed by atoms with E-state index in [-0.39, 0.29) is 6.10 Å². The molecule has 1 fully saturated rings. The van der Waals surface area contributed by atoms with Crippen LogP contribution in [0.5, 0.6) is 0 Å². The van der Waals surface area contributed by atoms with Gasteiger partial charge >= 0.3 is 0 Å². The molecule has 5 heteroatoms. The van der Waals surface area contributed by atoms with E-state index >= 15 is 0 Å². The highest BCUT2D eigenvalue weighted by atomic mass is 16.5. The van der Waals surface area contributed by atoms with E-state index in [0.29, 0.717) is 6.54 Å². The van der Waals surface area contributed by atoms with Crippen LogP contribution in [0.1, 0.15) is 36.0 Å². The van der Waals surface area contributed by atoms with Crippen molar-refractivity contribution in [2.75, 3.05) is 13.2 Å². The molecule has 2 heterocycles. The summed E-state index contributed by atoms with van der Waals surface area (Å²) in [5, 5.41) is 12.0. The fourth-order valence-electron chi connectivity index (χ4n) is 3.71. The molecule has 4 rings (SSSR count). The molecule has 1 N–H and O–H groups in total. The zero-order valence-corrected chi connectivity index (χ0v) is 17.5. The second-order valence-electron chi connectivity index (χ2n) is 7.74. The average Bonchev–Trinajstić information content (AvgIpc) is 3.23. The summed E-state index contributed by atoms with van der Waals surface area (Å²) in [6.45, 7) is 5.21. The summed E-state index contributed by atoms with van der Waals surface area (Å²) < 4.78 is 7.71. The number of benzene rings is 2. The Balaban J connectivity index is 1.33. The van der Waals surface area contributed by atoms with E-state index in [1.54, 1.807) is 0 Å². The van der Waals surface area contributed by atoms with Crippen LogP contribution in [0.25, 0.3) is 11.3 Å². The Morgan fingerprint density at radius 3 is 2.87 bits per heavy atom. The highest BCUT2D eigenvalue weighted by Crippen LogP contribution is 2.22. The number of ether oxygens (including phenoxy) is 1. The lowest BCUT2D eigenvalue weighted by Crippen LogP contribution is -2.24. The van der Waals surface area contributed by atoms with Gasteiger partial charge in [-0.15, -0.1) is 5.10 Å². The molecule has 0 amide bonds. The summed E-state index contributed by atoms with van der Waals surface area (Å²) in [6.07, 6.45) is 5.76. The highest BCUT2D eigenvalue weighted by Gasteiger charge is 2.16. The van der Waals surface area contributed by atoms with Gasteiger partial charge in [-0.3, -0.25) is 0 Å². The lowest BCUT2D eigenvalue weighted by Gasteiger charge is -2.21. The molecule has 0 radical (unpaired) electrons. The standard InChI is InChI=1S/C25H28N4O/c1-20-16-21(10-7-14-26-17-22-8-3-2-4-9-22)12-13-24(20)25-19-29(28-27-25)18-23-11-5-6-15-30-23/h2-4,8-9,12-13,16,19,23,26H,5-6,11,14-15,17-18H2,1H3/t23-/m1/s1. The van der Waals surface area contributed by atoms with Crippen LogP contribution >= 0.6 is 0 Å². The Morgan fingerprint density at radius 2 is 2.07 bits per heavy atom. The van der Waals surface area contributed by atoms with E-state index in [0.717, 1.165) is 54.9 Å². The van der Waals surface area contributed by atoms with Crippen LogP contribution in [0, 0.1) is 18.8 Å². The first-order valence-corrected chi connectivity index (χ1v) is 10.6. The molecule has 1 aliphatic heterocycles. The van der Waals surface area contributed by atoms with Crippen LogP contribution in [0.15, 0.2) is 54.7 Å². The third-order valence-electron chi connectivity index (χ3n) is 5.32. The van der Waals surface area contributed by atoms with Crippen LogP contribution in [0.2, 0.25) is 0 Å². The van der Waals surface area contributed by atoms with E-state index in [1.165, 1.54) is 12.0 Å². The molecule has 0 saturated carbocycles. The molecule has 0 unspecified atom stereocenters. The maximum absolute atomic E-state index is 5.81. The summed E-state index contributed by atoms with van der Waals surface area (Å²) >= 11 is 0. The predicted octanol–water partition coefficient (Wildman–Crippen LogP) is 3.96. The summed E-state index contributed by atoms with van der Waals surface area (Å²) in [5.41, 5.74) is 5.43. The first kappa shape index (κ1) is 20.3. The van der Waals surface area contributed by atoms with Gasteiger partial charge in [0.2, 0.25) is 0 Å². The van der Waals surface area contributed by atoms with Crippen LogP contribution in [-0.2, 0) is 17.8 Å². The van der Waals surface area contributed by atoms with Crippen molar-refractivity contribution in [1.82, 2.24) is 20.3 Å². The van der Waals surface area contributed by atoms with Crippen LogP contribution in [-0.4, -0.2) is 34.2 Å². The minimum Gasteiger partial charge on any atom is -0.376 e. The van der Waals surface area contributed by atoms with Gasteiger partial charge < -0.3 is 10.1 Å². The first-order chi connectivity index (χ1) is 14.8. The number of nitrogens with one attached hydrogen (secondary N) is 1. The zero-order valence-electron chi connectivity index (χ0n) is 17.5. The van der Waals surface area contributed by atoms with Gasteiger partial charge in [0.1, 0.15) is 5.69 Å². The van der Waals surface area contributed by atoms with E-state index < -0.39 is 0 Å². The van der Waals surface area contributed by atoms with Crippen molar-refractivity contribution in [3.8, 4) is 23.1 Å². The van der Waals surface area contributed by atoms with Crippen LogP contribution < -0.4 is 5.32 Å². The second kappa shape index (κ2) is 10.2. The molecule has 3 aromatic rings. The van der Waals surface area contributed by atoms with E-state index in [2.05, 4.69) is 76.9 Å². The SMILES string of the molecule is Cc1cc(C#CCNCc2ccccc2)ccc1-c1cn(C[C@H]2CCCCO2)nn1. The predicted molar refractivity (Wildman–Crippen MR) is 119 cm³/mol. The van der Waals surface area contributed by atoms with Crippen molar-refractivity contribution in [3.63, 3.8) is 0 Å². The molecule has 1 aliphatic rings. The van der Waals surface area contributed by atoms with Gasteiger partial charge in [-0.2, -0.15) is 0 Å². The molecule has 1 aromatic heterocycles. The summed E-state index contributed by atoms with van der Waals surface area (Å²) in [7, 11) is 0. The van der Waals surface area contributed by atoms with Crippen molar-refractivity contribution >= 4 is 0 Å². The molecule has 1 atom stereocenters. The van der Waals surface area contributed by atoms with Crippen molar-refractivity contribution in [2.45, 2.75) is 45.4 Å². The van der Waals surface area contributed by atoms with Crippen molar-refractivity contribution in [3.05, 3.63) is 71.4 Å². The molecule has 30 heavy (non-hydrogen) atoms. The molecular weight excluding hydrogens is 372 g/mol. The summed E-state index contributed by atoms with van der Waals surface area (Å²) in [4.78, 5) is 0. The van der Waals surface area contributed by atoms with Gasteiger partial charge in [0.05, 0.1) is 25.4 Å². The van der Waals surface area contributed by atoms with E-state index in [9.17, 15) is 0 Å². The Labute approximate surface area is 178 Å². The highest BCUT2D eigenvalue weighted by molar-refractivity contribution is 5.64. The summed E-state index contributed by atoms with van der Waals surface area (Å²) in [5.74, 6) is 6.44. The number of nitrogens with zero attached hydrogens (tertiary/aromatic N) is 3. The molecular formula is C25H28N4O. The molecule has 0 bridgehead atoms. The van der Waals surface area contributed by atoms with Gasteiger partial charge in [0.15, 0.2) is 0 Å². The third-order valence-corrected chi connectivity index (χ3v) is 5.32. The lowest BCUT2D eigenvalue weighted by molar-refractivity contribution is 0.00370. The Hall–Kier alpha value is -2.94. The minimum absolute atomic E-state index is 0.252. The van der Waals surface area contributed by atoms with Gasteiger partial charge in [0.25, 0.3) is 0 Å². The summed E-state index contributed by atoms with van der Waals surface area (Å²) in [6, 6.07) is 16.6. The molecule has 154 valence electrons. The minimum atomic E-state index is 0.252. The topological polar surface area (TPSA) is 52.0 Å². The maximum Gasteiger partial charge on any atom is 0.113 e. The quantitative estimate of drug-likeness (QED) is 0.503. The fraction of sp³-hybridized carbons (Fsp3) is 0.360. The number of aromatic nitrogens is 3. The molecule has 0 spiro atoms. The number of rotatable bonds is 6. The number of hydrogen-bond donors (Lipinski definition) is 1. The van der Waals surface area contributed by atoms with Crippen LogP contribution in [0.3, 0.4) is 0 Å².